The van der Waals surface area contributed by atoms with E-state index in [4.69, 9.17) is 14.2 Å². The van der Waals surface area contributed by atoms with Gasteiger partial charge < -0.3 is 30.2 Å². The summed E-state index contributed by atoms with van der Waals surface area (Å²) in [6.07, 6.45) is 6.49. The van der Waals surface area contributed by atoms with Crippen LogP contribution < -0.4 is 20.7 Å². The number of carbonyl (C=O) groups is 4. The summed E-state index contributed by atoms with van der Waals surface area (Å²) in [6, 6.07) is 4.76. The molecule has 6 rings (SSSR count). The van der Waals surface area contributed by atoms with E-state index >= 15 is 0 Å². The first-order chi connectivity index (χ1) is 20.1. The number of benzene rings is 1. The van der Waals surface area contributed by atoms with E-state index in [9.17, 15) is 19.2 Å². The van der Waals surface area contributed by atoms with Crippen LogP contribution in [-0.4, -0.2) is 97.7 Å². The van der Waals surface area contributed by atoms with Crippen LogP contribution in [0.1, 0.15) is 57.9 Å². The number of rotatable bonds is 14. The normalized spacial score (nSPS) is 27.2. The Morgan fingerprint density at radius 3 is 2.21 bits per heavy atom. The van der Waals surface area contributed by atoms with Gasteiger partial charge in [-0.3, -0.25) is 24.1 Å². The second-order valence-corrected chi connectivity index (χ2v) is 12.5. The highest BCUT2D eigenvalue weighted by Crippen LogP contribution is 2.33. The molecule has 6 atom stereocenters. The lowest BCUT2D eigenvalue weighted by Gasteiger charge is -2.46. The van der Waals surface area contributed by atoms with Crippen molar-refractivity contribution in [1.29, 1.82) is 0 Å². The van der Waals surface area contributed by atoms with Crippen molar-refractivity contribution in [2.45, 2.75) is 94.7 Å². The van der Waals surface area contributed by atoms with Crippen LogP contribution in [0.4, 0.5) is 0 Å². The fraction of sp³-hybridized carbons (Fsp3) is 0.677. The molecule has 4 heterocycles. The van der Waals surface area contributed by atoms with Gasteiger partial charge in [0.1, 0.15) is 23.4 Å². The van der Waals surface area contributed by atoms with Gasteiger partial charge in [-0.25, -0.2) is 0 Å². The highest BCUT2D eigenvalue weighted by Gasteiger charge is 2.50. The predicted molar refractivity (Wildman–Crippen MR) is 154 cm³/mol. The Balaban J connectivity index is 1.23. The van der Waals surface area contributed by atoms with E-state index in [1.165, 1.54) is 0 Å². The Kier molecular flexibility index (Phi) is 9.49. The van der Waals surface area contributed by atoms with E-state index in [-0.39, 0.29) is 36.9 Å². The molecule has 11 nitrogen and oxygen atoms in total. The van der Waals surface area contributed by atoms with Crippen LogP contribution in [0, 0.1) is 5.92 Å². The van der Waals surface area contributed by atoms with Crippen LogP contribution in [0.3, 0.4) is 0 Å². The van der Waals surface area contributed by atoms with Gasteiger partial charge in [-0.05, 0) is 43.9 Å². The molecule has 0 aromatic heterocycles. The lowest BCUT2D eigenvalue weighted by molar-refractivity contribution is -0.181. The lowest BCUT2D eigenvalue weighted by atomic mass is 9.90. The first-order valence-electron chi connectivity index (χ1n) is 15.2. The van der Waals surface area contributed by atoms with Crippen molar-refractivity contribution in [3.8, 4) is 5.75 Å². The van der Waals surface area contributed by atoms with Crippen molar-refractivity contribution in [2.75, 3.05) is 33.4 Å². The number of carbonyl (C=O) groups excluding carboxylic acids is 4. The molecule has 230 valence electrons. The van der Waals surface area contributed by atoms with Crippen LogP contribution >= 0.6 is 0 Å². The Morgan fingerprint density at radius 1 is 1.00 bits per heavy atom. The summed E-state index contributed by atoms with van der Waals surface area (Å²) < 4.78 is 16.3. The van der Waals surface area contributed by atoms with E-state index < -0.39 is 35.5 Å². The maximum absolute atomic E-state index is 13.7. The third-order valence-corrected chi connectivity index (χ3v) is 8.98. The number of hydrogen-bond donors (Lipinski definition) is 3. The second kappa shape index (κ2) is 13.1. The summed E-state index contributed by atoms with van der Waals surface area (Å²) in [6.45, 7) is 5.31. The number of ketones is 1. The van der Waals surface area contributed by atoms with Crippen molar-refractivity contribution < 1.29 is 33.4 Å². The highest BCUT2D eigenvalue weighted by atomic mass is 16.6. The molecule has 1 aliphatic carbocycles. The summed E-state index contributed by atoms with van der Waals surface area (Å²) in [5.41, 5.74) is -0.0552. The predicted octanol–water partition coefficient (Wildman–Crippen LogP) is 1.12. The number of morpholine rings is 1. The summed E-state index contributed by atoms with van der Waals surface area (Å²) in [7, 11) is 1.58. The summed E-state index contributed by atoms with van der Waals surface area (Å²) in [5.74, 6) is -0.251. The molecule has 1 aromatic carbocycles. The monoisotopic (exact) mass is 584 g/mol. The van der Waals surface area contributed by atoms with Gasteiger partial charge in [0.15, 0.2) is 5.78 Å². The molecule has 5 fully saturated rings. The maximum Gasteiger partial charge on any atom is 0.243 e. The number of methoxy groups -OCH3 is 1. The van der Waals surface area contributed by atoms with Crippen LogP contribution in [0.2, 0.25) is 0 Å². The number of hydrogen-bond acceptors (Lipinski definition) is 8. The standard InChI is InChI=1S/C31H44N4O7/c1-19(32-27(36)17-35-15-23-14-24(16-35)42-23)29(38)34-26(13-21-8-10-22(40-3)11-9-21)30(39)33-25(12-20-6-4-5-7-20)28(37)31(2)18-41-31/h8-11,19-20,23-26H,4-7,12-18H2,1-3H3,(H,32,36)(H,33,39)(H,34,38)/t19-,23?,24?,25-,26-,31+/m0/s1. The molecule has 5 aliphatic rings. The summed E-state index contributed by atoms with van der Waals surface area (Å²) in [5, 5.41) is 8.57. The zero-order valence-corrected chi connectivity index (χ0v) is 24.9. The third-order valence-electron chi connectivity index (χ3n) is 8.98. The summed E-state index contributed by atoms with van der Waals surface area (Å²) >= 11 is 0. The molecule has 4 saturated heterocycles. The van der Waals surface area contributed by atoms with Gasteiger partial charge in [-0.1, -0.05) is 37.8 Å². The number of epoxide rings is 1. The van der Waals surface area contributed by atoms with Crippen molar-refractivity contribution in [1.82, 2.24) is 20.9 Å². The molecule has 0 spiro atoms. The maximum atomic E-state index is 13.7. The SMILES string of the molecule is COc1ccc(C[C@H](NC(=O)[C@H](C)NC(=O)CN2CC3CC(C2)O3)C(=O)N[C@@H](CC2CCCC2)C(=O)[C@@]2(C)CO2)cc1. The fourth-order valence-electron chi connectivity index (χ4n) is 6.33. The molecular weight excluding hydrogens is 540 g/mol. The minimum Gasteiger partial charge on any atom is -0.497 e. The fourth-order valence-corrected chi connectivity index (χ4v) is 6.33. The Labute approximate surface area is 247 Å². The Morgan fingerprint density at radius 2 is 1.62 bits per heavy atom. The highest BCUT2D eigenvalue weighted by molar-refractivity contribution is 5.98. The van der Waals surface area contributed by atoms with Gasteiger partial charge in [-0.15, -0.1) is 0 Å². The third kappa shape index (κ3) is 7.67. The van der Waals surface area contributed by atoms with Gasteiger partial charge in [0.2, 0.25) is 17.7 Å². The van der Waals surface area contributed by atoms with Gasteiger partial charge in [-0.2, -0.15) is 0 Å². The molecule has 2 bridgehead atoms. The van der Waals surface area contributed by atoms with Gasteiger partial charge in [0, 0.05) is 25.9 Å². The van der Waals surface area contributed by atoms with Crippen LogP contribution in [-0.2, 0) is 35.1 Å². The molecule has 2 unspecified atom stereocenters. The van der Waals surface area contributed by atoms with Crippen molar-refractivity contribution in [3.63, 3.8) is 0 Å². The molecule has 3 amide bonds. The number of amides is 3. The molecular formula is C31H44N4O7. The molecule has 42 heavy (non-hydrogen) atoms. The zero-order chi connectivity index (χ0) is 29.9. The van der Waals surface area contributed by atoms with E-state index in [0.29, 0.717) is 37.8 Å². The molecule has 1 aromatic rings. The topological polar surface area (TPSA) is 139 Å². The largest absolute Gasteiger partial charge is 0.497 e. The smallest absolute Gasteiger partial charge is 0.243 e. The molecule has 4 aliphatic heterocycles. The minimum atomic E-state index is -0.955. The first-order valence-corrected chi connectivity index (χ1v) is 15.2. The van der Waals surface area contributed by atoms with Gasteiger partial charge >= 0.3 is 0 Å². The molecule has 3 N–H and O–H groups in total. The van der Waals surface area contributed by atoms with E-state index in [2.05, 4.69) is 16.0 Å². The number of nitrogens with zero attached hydrogens (tertiary/aromatic N) is 1. The Bertz CT molecular complexity index is 1130. The van der Waals surface area contributed by atoms with Gasteiger partial charge in [0.25, 0.3) is 0 Å². The number of piperidine rings is 1. The first kappa shape index (κ1) is 30.4. The number of ether oxygens (including phenoxy) is 3. The molecule has 0 radical (unpaired) electrons. The average molecular weight is 585 g/mol. The molecule has 11 heteroatoms. The van der Waals surface area contributed by atoms with E-state index in [1.54, 1.807) is 33.1 Å². The van der Waals surface area contributed by atoms with Crippen LogP contribution in [0.25, 0.3) is 0 Å². The number of fused-ring (bicyclic) bond motifs is 2. The van der Waals surface area contributed by atoms with E-state index in [1.807, 2.05) is 17.0 Å². The number of Topliss-reactive ketones (excluding diaryl/α,β-unsaturated/α-hetero) is 1. The number of nitrogens with one attached hydrogen (secondary N) is 3. The van der Waals surface area contributed by atoms with E-state index in [0.717, 1.165) is 37.7 Å². The Hall–Kier alpha value is -3.02. The van der Waals surface area contributed by atoms with Crippen molar-refractivity contribution in [3.05, 3.63) is 29.8 Å². The lowest BCUT2D eigenvalue weighted by Crippen LogP contribution is -2.60. The average Bonchev–Trinajstić information content (AvgIpc) is 3.50. The van der Waals surface area contributed by atoms with Crippen LogP contribution in [0.5, 0.6) is 5.75 Å². The quantitative estimate of drug-likeness (QED) is 0.277. The second-order valence-electron chi connectivity index (χ2n) is 12.5. The molecule has 1 saturated carbocycles. The van der Waals surface area contributed by atoms with Crippen LogP contribution in [0.15, 0.2) is 24.3 Å². The summed E-state index contributed by atoms with van der Waals surface area (Å²) in [4.78, 5) is 55.1. The van der Waals surface area contributed by atoms with Gasteiger partial charge in [0.05, 0.1) is 38.5 Å². The van der Waals surface area contributed by atoms with Crippen molar-refractivity contribution in [2.24, 2.45) is 5.92 Å². The zero-order valence-electron chi connectivity index (χ0n) is 24.9. The van der Waals surface area contributed by atoms with Crippen molar-refractivity contribution >= 4 is 23.5 Å². The minimum absolute atomic E-state index is 0.126.